The molecule has 0 saturated heterocycles. The Labute approximate surface area is 113 Å². The predicted octanol–water partition coefficient (Wildman–Crippen LogP) is 1.92. The number of carbonyl (C=O) groups is 1. The molecule has 2 amide bonds. The molecule has 0 radical (unpaired) electrons. The molecule has 0 aliphatic carbocycles. The van der Waals surface area contributed by atoms with Crippen molar-refractivity contribution in [3.05, 3.63) is 18.0 Å². The van der Waals surface area contributed by atoms with Crippen LogP contribution in [0.15, 0.2) is 12.4 Å². The van der Waals surface area contributed by atoms with Crippen LogP contribution in [0.25, 0.3) is 0 Å². The van der Waals surface area contributed by atoms with Crippen LogP contribution >= 0.6 is 11.8 Å². The molecule has 5 nitrogen and oxygen atoms in total. The number of carbonyl (C=O) groups excluding carboxylic acids is 1. The summed E-state index contributed by atoms with van der Waals surface area (Å²) in [6.07, 6.45) is 6.66. The van der Waals surface area contributed by atoms with Gasteiger partial charge in [-0.3, -0.25) is 4.68 Å². The first-order valence-electron chi connectivity index (χ1n) is 6.11. The van der Waals surface area contributed by atoms with Crippen LogP contribution in [-0.4, -0.2) is 33.9 Å². The second kappa shape index (κ2) is 7.31. The summed E-state index contributed by atoms with van der Waals surface area (Å²) in [6, 6.07) is 0.0684. The van der Waals surface area contributed by atoms with Gasteiger partial charge in [-0.05, 0) is 19.6 Å². The highest BCUT2D eigenvalue weighted by Gasteiger charge is 2.13. The molecule has 102 valence electrons. The van der Waals surface area contributed by atoms with Crippen molar-refractivity contribution >= 4 is 17.8 Å². The van der Waals surface area contributed by atoms with E-state index in [2.05, 4.69) is 22.7 Å². The normalized spacial score (nSPS) is 14.0. The maximum Gasteiger partial charge on any atom is 0.315 e. The van der Waals surface area contributed by atoms with Crippen LogP contribution < -0.4 is 10.6 Å². The van der Waals surface area contributed by atoms with Crippen LogP contribution in [0.1, 0.15) is 31.9 Å². The molecule has 6 heteroatoms. The Morgan fingerprint density at radius 2 is 2.28 bits per heavy atom. The first-order valence-corrected chi connectivity index (χ1v) is 7.50. The van der Waals surface area contributed by atoms with Crippen molar-refractivity contribution in [3.8, 4) is 0 Å². The summed E-state index contributed by atoms with van der Waals surface area (Å²) >= 11 is 1.74. The molecular formula is C12H22N4OS. The SMILES string of the molecule is CC[C@H](CSC)NC(=O)N[C@@H](C)c1cnn(C)c1. The molecule has 1 aromatic heterocycles. The number of aryl methyl sites for hydroxylation is 1. The van der Waals surface area contributed by atoms with Gasteiger partial charge in [-0.1, -0.05) is 6.92 Å². The van der Waals surface area contributed by atoms with Gasteiger partial charge in [0.05, 0.1) is 12.2 Å². The van der Waals surface area contributed by atoms with E-state index in [1.54, 1.807) is 22.6 Å². The minimum Gasteiger partial charge on any atom is -0.335 e. The highest BCUT2D eigenvalue weighted by molar-refractivity contribution is 7.98. The Hall–Kier alpha value is -1.17. The maximum absolute atomic E-state index is 11.8. The second-order valence-corrected chi connectivity index (χ2v) is 5.26. The molecule has 0 fully saturated rings. The third-order valence-electron chi connectivity index (χ3n) is 2.77. The van der Waals surface area contributed by atoms with Gasteiger partial charge in [0.2, 0.25) is 0 Å². The van der Waals surface area contributed by atoms with Crippen molar-refractivity contribution < 1.29 is 4.79 Å². The highest BCUT2D eigenvalue weighted by atomic mass is 32.2. The van der Waals surface area contributed by atoms with Gasteiger partial charge in [0, 0.05) is 30.6 Å². The zero-order chi connectivity index (χ0) is 13.5. The van der Waals surface area contributed by atoms with E-state index in [1.165, 1.54) is 0 Å². The lowest BCUT2D eigenvalue weighted by molar-refractivity contribution is 0.234. The molecule has 0 aromatic carbocycles. The van der Waals surface area contributed by atoms with Crippen LogP contribution in [0, 0.1) is 0 Å². The Bertz CT molecular complexity index is 380. The molecule has 1 aromatic rings. The van der Waals surface area contributed by atoms with Crippen molar-refractivity contribution in [3.63, 3.8) is 0 Å². The van der Waals surface area contributed by atoms with Gasteiger partial charge in [-0.25, -0.2) is 4.79 Å². The van der Waals surface area contributed by atoms with Gasteiger partial charge >= 0.3 is 6.03 Å². The number of urea groups is 1. The molecule has 18 heavy (non-hydrogen) atoms. The molecule has 0 spiro atoms. The van der Waals surface area contributed by atoms with Crippen LogP contribution in [0.2, 0.25) is 0 Å². The average Bonchev–Trinajstić information content (AvgIpc) is 2.75. The van der Waals surface area contributed by atoms with Crippen LogP contribution in [0.5, 0.6) is 0 Å². The molecule has 0 aliphatic heterocycles. The molecule has 0 aliphatic rings. The standard InChI is InChI=1S/C12H22N4OS/c1-5-11(8-18-4)15-12(17)14-9(2)10-6-13-16(3)7-10/h6-7,9,11H,5,8H2,1-4H3,(H2,14,15,17)/t9-,11+/m0/s1. The highest BCUT2D eigenvalue weighted by Crippen LogP contribution is 2.10. The number of aromatic nitrogens is 2. The van der Waals surface area contributed by atoms with Gasteiger partial charge in [-0.2, -0.15) is 16.9 Å². The van der Waals surface area contributed by atoms with E-state index in [0.717, 1.165) is 17.7 Å². The van der Waals surface area contributed by atoms with E-state index in [0.29, 0.717) is 0 Å². The van der Waals surface area contributed by atoms with Crippen molar-refractivity contribution in [1.29, 1.82) is 0 Å². The van der Waals surface area contributed by atoms with E-state index >= 15 is 0 Å². The average molecular weight is 270 g/mol. The van der Waals surface area contributed by atoms with Gasteiger partial charge in [-0.15, -0.1) is 0 Å². The molecule has 2 N–H and O–H groups in total. The topological polar surface area (TPSA) is 59.0 Å². The summed E-state index contributed by atoms with van der Waals surface area (Å²) < 4.78 is 1.73. The number of hydrogen-bond acceptors (Lipinski definition) is 3. The van der Waals surface area contributed by atoms with Crippen molar-refractivity contribution in [1.82, 2.24) is 20.4 Å². The van der Waals surface area contributed by atoms with Crippen LogP contribution in [-0.2, 0) is 7.05 Å². The zero-order valence-corrected chi connectivity index (χ0v) is 12.3. The first kappa shape index (κ1) is 14.9. The largest absolute Gasteiger partial charge is 0.335 e. The van der Waals surface area contributed by atoms with Gasteiger partial charge in [0.15, 0.2) is 0 Å². The molecule has 0 unspecified atom stereocenters. The lowest BCUT2D eigenvalue weighted by Gasteiger charge is -2.18. The summed E-state index contributed by atoms with van der Waals surface area (Å²) in [4.78, 5) is 11.8. The molecule has 0 saturated carbocycles. The Balaban J connectivity index is 2.44. The smallest absolute Gasteiger partial charge is 0.315 e. The van der Waals surface area contributed by atoms with E-state index in [1.807, 2.05) is 26.4 Å². The zero-order valence-electron chi connectivity index (χ0n) is 11.4. The Kier molecular flexibility index (Phi) is 6.04. The van der Waals surface area contributed by atoms with E-state index < -0.39 is 0 Å². The van der Waals surface area contributed by atoms with Gasteiger partial charge < -0.3 is 10.6 Å². The summed E-state index contributed by atoms with van der Waals surface area (Å²) in [5.74, 6) is 0.936. The number of thioether (sulfide) groups is 1. The second-order valence-electron chi connectivity index (χ2n) is 4.35. The number of hydrogen-bond donors (Lipinski definition) is 2. The fourth-order valence-corrected chi connectivity index (χ4v) is 2.35. The van der Waals surface area contributed by atoms with Crippen molar-refractivity contribution in [2.24, 2.45) is 7.05 Å². The first-order chi connectivity index (χ1) is 8.56. The molecule has 1 rings (SSSR count). The number of nitrogens with zero attached hydrogens (tertiary/aromatic N) is 2. The van der Waals surface area contributed by atoms with Crippen molar-refractivity contribution in [2.75, 3.05) is 12.0 Å². The minimum absolute atomic E-state index is 0.0366. The summed E-state index contributed by atoms with van der Waals surface area (Å²) in [7, 11) is 1.86. The monoisotopic (exact) mass is 270 g/mol. The summed E-state index contributed by atoms with van der Waals surface area (Å²) in [5, 5.41) is 9.99. The van der Waals surface area contributed by atoms with Crippen LogP contribution in [0.4, 0.5) is 4.79 Å². The third-order valence-corrected chi connectivity index (χ3v) is 3.50. The number of rotatable bonds is 6. The van der Waals surface area contributed by atoms with Crippen LogP contribution in [0.3, 0.4) is 0 Å². The summed E-state index contributed by atoms with van der Waals surface area (Å²) in [6.45, 7) is 4.03. The lowest BCUT2D eigenvalue weighted by atomic mass is 10.2. The molecule has 1 heterocycles. The van der Waals surface area contributed by atoms with E-state index in [-0.39, 0.29) is 18.1 Å². The fraction of sp³-hybridized carbons (Fsp3) is 0.667. The van der Waals surface area contributed by atoms with E-state index in [4.69, 9.17) is 0 Å². The molecule has 2 atom stereocenters. The lowest BCUT2D eigenvalue weighted by Crippen LogP contribution is -2.43. The number of nitrogens with one attached hydrogen (secondary N) is 2. The molecular weight excluding hydrogens is 248 g/mol. The van der Waals surface area contributed by atoms with E-state index in [9.17, 15) is 4.79 Å². The Morgan fingerprint density at radius 3 is 2.78 bits per heavy atom. The van der Waals surface area contributed by atoms with Gasteiger partial charge in [0.25, 0.3) is 0 Å². The summed E-state index contributed by atoms with van der Waals surface area (Å²) in [5.41, 5.74) is 1.01. The molecule has 0 bridgehead atoms. The number of amides is 2. The van der Waals surface area contributed by atoms with Gasteiger partial charge in [0.1, 0.15) is 0 Å². The Morgan fingerprint density at radius 1 is 1.56 bits per heavy atom. The maximum atomic E-state index is 11.8. The third kappa shape index (κ3) is 4.60. The fourth-order valence-electron chi connectivity index (χ4n) is 1.63. The predicted molar refractivity (Wildman–Crippen MR) is 75.8 cm³/mol. The van der Waals surface area contributed by atoms with Crippen molar-refractivity contribution in [2.45, 2.75) is 32.4 Å². The quantitative estimate of drug-likeness (QED) is 0.830. The minimum atomic E-state index is -0.118.